The highest BCUT2D eigenvalue weighted by Gasteiger charge is 2.38. The first-order valence-corrected chi connectivity index (χ1v) is 8.47. The van der Waals surface area contributed by atoms with Crippen LogP contribution >= 0.6 is 0 Å². The smallest absolute Gasteiger partial charge is 0.296 e. The van der Waals surface area contributed by atoms with Crippen LogP contribution in [0.2, 0.25) is 0 Å². The number of aliphatic hydroxyl groups is 1. The van der Waals surface area contributed by atoms with Crippen molar-refractivity contribution in [3.8, 4) is 0 Å². The van der Waals surface area contributed by atoms with Gasteiger partial charge in [-0.25, -0.2) is 0 Å². The van der Waals surface area contributed by atoms with Crippen molar-refractivity contribution in [3.05, 3.63) is 77.2 Å². The molecule has 26 heavy (non-hydrogen) atoms. The number of para-hydroxylation sites is 1. The molecule has 0 spiro atoms. The van der Waals surface area contributed by atoms with E-state index in [0.29, 0.717) is 12.0 Å². The van der Waals surface area contributed by atoms with Crippen molar-refractivity contribution >= 4 is 28.3 Å². The lowest BCUT2D eigenvalue weighted by Gasteiger charge is -2.14. The molecule has 1 aliphatic heterocycles. The topological polar surface area (TPSA) is 73.4 Å². The van der Waals surface area contributed by atoms with Crippen LogP contribution in [0.1, 0.15) is 16.7 Å². The molecule has 0 aliphatic carbocycles. The van der Waals surface area contributed by atoms with E-state index in [9.17, 15) is 14.7 Å². The fourth-order valence-electron chi connectivity index (χ4n) is 3.32. The molecule has 2 amide bonds. The number of carbonyl (C=O) groups excluding carboxylic acids is 2. The number of H-pyrrole nitrogens is 1. The summed E-state index contributed by atoms with van der Waals surface area (Å²) in [4.78, 5) is 29.4. The molecule has 0 radical (unpaired) electrons. The minimum atomic E-state index is -0.634. The number of aryl methyl sites for hydroxylation is 1. The predicted octanol–water partition coefficient (Wildman–Crippen LogP) is 3.36. The predicted molar refractivity (Wildman–Crippen MR) is 99.5 cm³/mol. The van der Waals surface area contributed by atoms with Gasteiger partial charge < -0.3 is 10.1 Å². The number of benzene rings is 2. The van der Waals surface area contributed by atoms with Gasteiger partial charge in [-0.3, -0.25) is 14.5 Å². The largest absolute Gasteiger partial charge is 0.502 e. The Morgan fingerprint density at radius 1 is 1.00 bits per heavy atom. The third kappa shape index (κ3) is 2.58. The Balaban J connectivity index is 1.56. The van der Waals surface area contributed by atoms with Gasteiger partial charge in [0.15, 0.2) is 5.76 Å². The molecule has 2 aromatic carbocycles. The lowest BCUT2D eigenvalue weighted by atomic mass is 10.0. The van der Waals surface area contributed by atoms with Crippen LogP contribution in [0.4, 0.5) is 0 Å². The first-order valence-electron chi connectivity index (χ1n) is 8.47. The molecule has 1 aliphatic rings. The number of carbonyl (C=O) groups is 2. The van der Waals surface area contributed by atoms with Crippen molar-refractivity contribution in [2.24, 2.45) is 0 Å². The van der Waals surface area contributed by atoms with Gasteiger partial charge >= 0.3 is 0 Å². The zero-order valence-corrected chi connectivity index (χ0v) is 14.3. The van der Waals surface area contributed by atoms with Crippen molar-refractivity contribution in [3.63, 3.8) is 0 Å². The molecule has 130 valence electrons. The SMILES string of the molecule is Cc1ccc(C2=C(O)C(=O)N(CCc3c[nH]c4ccccc34)C2=O)cc1. The number of imide groups is 1. The molecule has 5 heteroatoms. The summed E-state index contributed by atoms with van der Waals surface area (Å²) in [5, 5.41) is 11.3. The van der Waals surface area contributed by atoms with E-state index in [0.717, 1.165) is 26.9 Å². The van der Waals surface area contributed by atoms with E-state index in [1.807, 2.05) is 49.5 Å². The van der Waals surface area contributed by atoms with Crippen molar-refractivity contribution in [1.82, 2.24) is 9.88 Å². The Morgan fingerprint density at radius 2 is 1.73 bits per heavy atom. The van der Waals surface area contributed by atoms with Gasteiger partial charge in [-0.15, -0.1) is 0 Å². The van der Waals surface area contributed by atoms with E-state index in [1.165, 1.54) is 0 Å². The lowest BCUT2D eigenvalue weighted by Crippen LogP contribution is -2.33. The summed E-state index contributed by atoms with van der Waals surface area (Å²) in [7, 11) is 0. The van der Waals surface area contributed by atoms with Crippen molar-refractivity contribution in [1.29, 1.82) is 0 Å². The standard InChI is InChI=1S/C21H18N2O3/c1-13-6-8-14(9-7-13)18-19(24)21(26)23(20(18)25)11-10-15-12-22-17-5-3-2-4-16(15)17/h2-9,12,22,24H,10-11H2,1H3. The van der Waals surface area contributed by atoms with Crippen LogP contribution < -0.4 is 0 Å². The first kappa shape index (κ1) is 16.1. The van der Waals surface area contributed by atoms with Crippen LogP contribution in [0.25, 0.3) is 16.5 Å². The molecule has 1 aromatic heterocycles. The Morgan fingerprint density at radius 3 is 2.50 bits per heavy atom. The summed E-state index contributed by atoms with van der Waals surface area (Å²) in [6.07, 6.45) is 2.42. The summed E-state index contributed by atoms with van der Waals surface area (Å²) in [6.45, 7) is 2.16. The van der Waals surface area contributed by atoms with Crippen LogP contribution in [0, 0.1) is 6.92 Å². The van der Waals surface area contributed by atoms with Crippen LogP contribution in [0.5, 0.6) is 0 Å². The quantitative estimate of drug-likeness (QED) is 0.712. The molecular weight excluding hydrogens is 328 g/mol. The molecule has 2 N–H and O–H groups in total. The maximum Gasteiger partial charge on any atom is 0.296 e. The number of hydrogen-bond donors (Lipinski definition) is 2. The van der Waals surface area contributed by atoms with Crippen LogP contribution in [-0.2, 0) is 16.0 Å². The molecule has 5 nitrogen and oxygen atoms in total. The van der Waals surface area contributed by atoms with Crippen molar-refractivity contribution in [2.45, 2.75) is 13.3 Å². The highest BCUT2D eigenvalue weighted by Crippen LogP contribution is 2.28. The van der Waals surface area contributed by atoms with Gasteiger partial charge in [-0.05, 0) is 30.5 Å². The van der Waals surface area contributed by atoms with E-state index in [-0.39, 0.29) is 12.1 Å². The minimum Gasteiger partial charge on any atom is -0.502 e. The van der Waals surface area contributed by atoms with Gasteiger partial charge in [-0.2, -0.15) is 0 Å². The molecule has 0 unspecified atom stereocenters. The van der Waals surface area contributed by atoms with E-state index < -0.39 is 17.6 Å². The van der Waals surface area contributed by atoms with E-state index in [1.54, 1.807) is 12.1 Å². The molecule has 0 bridgehead atoms. The number of rotatable bonds is 4. The minimum absolute atomic E-state index is 0.0777. The van der Waals surface area contributed by atoms with Gasteiger partial charge in [-0.1, -0.05) is 48.0 Å². The van der Waals surface area contributed by atoms with Crippen LogP contribution in [0.15, 0.2) is 60.5 Å². The monoisotopic (exact) mass is 346 g/mol. The third-order valence-electron chi connectivity index (χ3n) is 4.76. The molecular formula is C21H18N2O3. The maximum atomic E-state index is 12.7. The summed E-state index contributed by atoms with van der Waals surface area (Å²) in [6, 6.07) is 15.1. The summed E-state index contributed by atoms with van der Waals surface area (Å²) in [5.74, 6) is -1.56. The Kier molecular flexibility index (Phi) is 3.84. The second-order valence-corrected chi connectivity index (χ2v) is 6.46. The Hall–Kier alpha value is -3.34. The highest BCUT2D eigenvalue weighted by atomic mass is 16.3. The first-order chi connectivity index (χ1) is 12.6. The fourth-order valence-corrected chi connectivity index (χ4v) is 3.32. The number of amides is 2. The fraction of sp³-hybridized carbons (Fsp3) is 0.143. The average molecular weight is 346 g/mol. The maximum absolute atomic E-state index is 12.7. The molecule has 0 saturated carbocycles. The van der Waals surface area contributed by atoms with Gasteiger partial charge in [0.1, 0.15) is 0 Å². The number of hydrogen-bond acceptors (Lipinski definition) is 3. The zero-order chi connectivity index (χ0) is 18.3. The number of nitrogens with zero attached hydrogens (tertiary/aromatic N) is 1. The summed E-state index contributed by atoms with van der Waals surface area (Å²) in [5.41, 5.74) is 3.73. The molecule has 4 rings (SSSR count). The van der Waals surface area contributed by atoms with Gasteiger partial charge in [0, 0.05) is 23.6 Å². The molecule has 3 aromatic rings. The molecule has 0 atom stereocenters. The normalized spacial score (nSPS) is 14.7. The average Bonchev–Trinajstić information content (AvgIpc) is 3.15. The molecule has 0 saturated heterocycles. The number of fused-ring (bicyclic) bond motifs is 1. The van der Waals surface area contributed by atoms with Gasteiger partial charge in [0.05, 0.1) is 5.57 Å². The number of aromatic amines is 1. The van der Waals surface area contributed by atoms with Crippen molar-refractivity contribution in [2.75, 3.05) is 6.54 Å². The van der Waals surface area contributed by atoms with Crippen LogP contribution in [0.3, 0.4) is 0 Å². The van der Waals surface area contributed by atoms with Gasteiger partial charge in [0.2, 0.25) is 0 Å². The second kappa shape index (κ2) is 6.19. The second-order valence-electron chi connectivity index (χ2n) is 6.46. The van der Waals surface area contributed by atoms with E-state index in [4.69, 9.17) is 0 Å². The number of nitrogens with one attached hydrogen (secondary N) is 1. The van der Waals surface area contributed by atoms with E-state index >= 15 is 0 Å². The number of aromatic nitrogens is 1. The van der Waals surface area contributed by atoms with Gasteiger partial charge in [0.25, 0.3) is 11.8 Å². The highest BCUT2D eigenvalue weighted by molar-refractivity contribution is 6.34. The Bertz CT molecular complexity index is 1040. The zero-order valence-electron chi connectivity index (χ0n) is 14.3. The van der Waals surface area contributed by atoms with Crippen molar-refractivity contribution < 1.29 is 14.7 Å². The third-order valence-corrected chi connectivity index (χ3v) is 4.76. The molecule has 2 heterocycles. The van der Waals surface area contributed by atoms with E-state index in [2.05, 4.69) is 4.98 Å². The molecule has 0 fully saturated rings. The lowest BCUT2D eigenvalue weighted by molar-refractivity contribution is -0.138. The summed E-state index contributed by atoms with van der Waals surface area (Å²) < 4.78 is 0. The number of aliphatic hydroxyl groups excluding tert-OH is 1. The summed E-state index contributed by atoms with van der Waals surface area (Å²) >= 11 is 0. The Labute approximate surface area is 150 Å². The van der Waals surface area contributed by atoms with Crippen LogP contribution in [-0.4, -0.2) is 33.3 Å².